The van der Waals surface area contributed by atoms with E-state index in [1.54, 1.807) is 0 Å². The molecular formula is C11H8F3NO3. The van der Waals surface area contributed by atoms with Crippen molar-refractivity contribution in [2.45, 2.75) is 12.8 Å². The molecule has 0 heterocycles. The Morgan fingerprint density at radius 1 is 1.50 bits per heavy atom. The maximum Gasteiger partial charge on any atom is 0.417 e. The summed E-state index contributed by atoms with van der Waals surface area (Å²) in [6.07, 6.45) is -4.82. The molecule has 0 atom stereocenters. The Hall–Kier alpha value is -2.07. The number of methoxy groups -OCH3 is 1. The molecule has 1 rings (SSSR count). The highest BCUT2D eigenvalue weighted by Gasteiger charge is 2.37. The van der Waals surface area contributed by atoms with Crippen molar-refractivity contribution in [1.29, 1.82) is 5.26 Å². The third-order valence-corrected chi connectivity index (χ3v) is 2.20. The van der Waals surface area contributed by atoms with E-state index in [2.05, 4.69) is 4.74 Å². The lowest BCUT2D eigenvalue weighted by Gasteiger charge is -2.14. The lowest BCUT2D eigenvalue weighted by Crippen LogP contribution is -2.17. The van der Waals surface area contributed by atoms with Crippen LogP contribution in [0.3, 0.4) is 0 Å². The van der Waals surface area contributed by atoms with Crippen LogP contribution in [0.15, 0.2) is 12.1 Å². The number of ether oxygens (including phenoxy) is 1. The predicted molar refractivity (Wildman–Crippen MR) is 53.4 cm³/mol. The van der Waals surface area contributed by atoms with E-state index in [9.17, 15) is 18.0 Å². The van der Waals surface area contributed by atoms with Crippen LogP contribution in [0.25, 0.3) is 0 Å². The molecule has 18 heavy (non-hydrogen) atoms. The minimum absolute atomic E-state index is 0.105. The first-order valence-electron chi connectivity index (χ1n) is 4.68. The van der Waals surface area contributed by atoms with E-state index in [1.807, 2.05) is 0 Å². The van der Waals surface area contributed by atoms with Crippen LogP contribution in [0.1, 0.15) is 27.0 Å². The van der Waals surface area contributed by atoms with Gasteiger partial charge >= 0.3 is 12.1 Å². The van der Waals surface area contributed by atoms with Crippen LogP contribution >= 0.6 is 0 Å². The molecule has 1 N–H and O–H groups in total. The first-order chi connectivity index (χ1) is 8.35. The third kappa shape index (κ3) is 2.60. The summed E-state index contributed by atoms with van der Waals surface area (Å²) in [6, 6.07) is 3.12. The van der Waals surface area contributed by atoms with Crippen LogP contribution in [0.4, 0.5) is 13.2 Å². The topological polar surface area (TPSA) is 70.3 Å². The molecule has 0 spiro atoms. The number of carbonyl (C=O) groups is 1. The Kier molecular flexibility index (Phi) is 3.93. The Morgan fingerprint density at radius 2 is 2.11 bits per heavy atom. The van der Waals surface area contributed by atoms with E-state index in [0.717, 1.165) is 13.2 Å². The van der Waals surface area contributed by atoms with Gasteiger partial charge in [-0.1, -0.05) is 0 Å². The van der Waals surface area contributed by atoms with Gasteiger partial charge in [0.15, 0.2) is 0 Å². The summed E-state index contributed by atoms with van der Waals surface area (Å²) in [5, 5.41) is 17.6. The van der Waals surface area contributed by atoms with Gasteiger partial charge < -0.3 is 9.84 Å². The molecule has 0 fully saturated rings. The summed E-state index contributed by atoms with van der Waals surface area (Å²) in [5.41, 5.74) is -2.73. The van der Waals surface area contributed by atoms with Crippen molar-refractivity contribution in [1.82, 2.24) is 0 Å². The molecular weight excluding hydrogens is 251 g/mol. The van der Waals surface area contributed by atoms with Gasteiger partial charge in [0.05, 0.1) is 30.4 Å². The maximum atomic E-state index is 12.8. The standard InChI is InChI=1S/C11H8F3NO3/c1-18-10(17)9-7(4-15)2-6(5-16)3-8(9)11(12,13)14/h2-3,16H,5H2,1H3. The first kappa shape index (κ1) is 14.0. The van der Waals surface area contributed by atoms with Crippen molar-refractivity contribution in [2.24, 2.45) is 0 Å². The Morgan fingerprint density at radius 3 is 2.50 bits per heavy atom. The number of hydrogen-bond donors (Lipinski definition) is 1. The summed E-state index contributed by atoms with van der Waals surface area (Å²) < 4.78 is 42.6. The van der Waals surface area contributed by atoms with Crippen molar-refractivity contribution in [3.8, 4) is 6.07 Å². The highest BCUT2D eigenvalue weighted by molar-refractivity contribution is 5.94. The number of nitrogens with zero attached hydrogens (tertiary/aromatic N) is 1. The van der Waals surface area contributed by atoms with Crippen molar-refractivity contribution >= 4 is 5.97 Å². The third-order valence-electron chi connectivity index (χ3n) is 2.20. The fourth-order valence-corrected chi connectivity index (χ4v) is 1.43. The van der Waals surface area contributed by atoms with Gasteiger partial charge in [0.1, 0.15) is 6.07 Å². The lowest BCUT2D eigenvalue weighted by atomic mass is 9.98. The molecule has 0 aliphatic carbocycles. The zero-order chi connectivity index (χ0) is 13.9. The van der Waals surface area contributed by atoms with Crippen LogP contribution < -0.4 is 0 Å². The minimum atomic E-state index is -4.82. The second kappa shape index (κ2) is 5.06. The van der Waals surface area contributed by atoms with Crippen molar-refractivity contribution in [3.05, 3.63) is 34.4 Å². The van der Waals surface area contributed by atoms with E-state index in [0.29, 0.717) is 6.07 Å². The molecule has 0 saturated carbocycles. The van der Waals surface area contributed by atoms with E-state index in [-0.39, 0.29) is 5.56 Å². The van der Waals surface area contributed by atoms with Crippen LogP contribution in [0, 0.1) is 11.3 Å². The molecule has 4 nitrogen and oxygen atoms in total. The molecule has 7 heteroatoms. The van der Waals surface area contributed by atoms with Crippen molar-refractivity contribution in [2.75, 3.05) is 7.11 Å². The largest absolute Gasteiger partial charge is 0.465 e. The fourth-order valence-electron chi connectivity index (χ4n) is 1.43. The zero-order valence-corrected chi connectivity index (χ0v) is 9.21. The summed E-state index contributed by atoms with van der Waals surface area (Å²) in [5.74, 6) is -1.25. The number of carbonyl (C=O) groups excluding carboxylic acids is 1. The zero-order valence-electron chi connectivity index (χ0n) is 9.21. The van der Waals surface area contributed by atoms with E-state index >= 15 is 0 Å². The average molecular weight is 259 g/mol. The van der Waals surface area contributed by atoms with Gasteiger partial charge in [0, 0.05) is 0 Å². The molecule has 1 aromatic carbocycles. The van der Waals surface area contributed by atoms with Crippen LogP contribution in [-0.2, 0) is 17.5 Å². The monoisotopic (exact) mass is 259 g/mol. The molecule has 0 unspecified atom stereocenters. The van der Waals surface area contributed by atoms with Crippen LogP contribution in [0.2, 0.25) is 0 Å². The summed E-state index contributed by atoms with van der Waals surface area (Å²) in [4.78, 5) is 11.3. The molecule has 0 aromatic heterocycles. The molecule has 0 radical (unpaired) electrons. The predicted octanol–water partition coefficient (Wildman–Crippen LogP) is 1.86. The number of nitriles is 1. The quantitative estimate of drug-likeness (QED) is 0.823. The highest BCUT2D eigenvalue weighted by atomic mass is 19.4. The second-order valence-corrected chi connectivity index (χ2v) is 3.33. The smallest absolute Gasteiger partial charge is 0.417 e. The number of esters is 1. The fraction of sp³-hybridized carbons (Fsp3) is 0.273. The van der Waals surface area contributed by atoms with E-state index in [4.69, 9.17) is 10.4 Å². The molecule has 0 aliphatic heterocycles. The summed E-state index contributed by atoms with van der Waals surface area (Å²) in [7, 11) is 0.920. The van der Waals surface area contributed by atoms with Crippen molar-refractivity contribution < 1.29 is 27.8 Å². The number of halogens is 3. The molecule has 0 bridgehead atoms. The summed E-state index contributed by atoms with van der Waals surface area (Å²) in [6.45, 7) is -0.667. The normalized spacial score (nSPS) is 10.9. The van der Waals surface area contributed by atoms with Gasteiger partial charge in [0.2, 0.25) is 0 Å². The van der Waals surface area contributed by atoms with Crippen LogP contribution in [-0.4, -0.2) is 18.2 Å². The van der Waals surface area contributed by atoms with Gasteiger partial charge in [-0.15, -0.1) is 0 Å². The average Bonchev–Trinajstić information content (AvgIpc) is 2.34. The van der Waals surface area contributed by atoms with Gasteiger partial charge in [-0.05, 0) is 17.7 Å². The number of benzene rings is 1. The highest BCUT2D eigenvalue weighted by Crippen LogP contribution is 2.34. The van der Waals surface area contributed by atoms with Crippen molar-refractivity contribution in [3.63, 3.8) is 0 Å². The van der Waals surface area contributed by atoms with Gasteiger partial charge in [-0.2, -0.15) is 18.4 Å². The molecule has 0 aliphatic rings. The summed E-state index contributed by atoms with van der Waals surface area (Å²) >= 11 is 0. The minimum Gasteiger partial charge on any atom is -0.465 e. The van der Waals surface area contributed by atoms with E-state index < -0.39 is 35.4 Å². The maximum absolute atomic E-state index is 12.8. The Bertz CT molecular complexity index is 517. The van der Waals surface area contributed by atoms with E-state index in [1.165, 1.54) is 6.07 Å². The van der Waals surface area contributed by atoms with Gasteiger partial charge in [-0.3, -0.25) is 0 Å². The number of aliphatic hydroxyl groups is 1. The molecule has 1 aromatic rings. The second-order valence-electron chi connectivity index (χ2n) is 3.33. The SMILES string of the molecule is COC(=O)c1c(C#N)cc(CO)cc1C(F)(F)F. The first-order valence-corrected chi connectivity index (χ1v) is 4.68. The Balaban J connectivity index is 3.64. The van der Waals surface area contributed by atoms with Crippen LogP contribution in [0.5, 0.6) is 0 Å². The van der Waals surface area contributed by atoms with Gasteiger partial charge in [0.25, 0.3) is 0 Å². The lowest BCUT2D eigenvalue weighted by molar-refractivity contribution is -0.138. The number of hydrogen-bond acceptors (Lipinski definition) is 4. The molecule has 96 valence electrons. The number of rotatable bonds is 2. The molecule has 0 amide bonds. The Labute approximate surface area is 100 Å². The number of aliphatic hydroxyl groups excluding tert-OH is 1. The number of alkyl halides is 3. The molecule has 0 saturated heterocycles. The van der Waals surface area contributed by atoms with Gasteiger partial charge in [-0.25, -0.2) is 4.79 Å².